The summed E-state index contributed by atoms with van der Waals surface area (Å²) in [7, 11) is 1.55. The lowest BCUT2D eigenvalue weighted by Crippen LogP contribution is -2.55. The number of hydrogen-bond donors (Lipinski definition) is 2. The van der Waals surface area contributed by atoms with Crippen molar-refractivity contribution in [3.05, 3.63) is 52.2 Å². The molecule has 0 saturated carbocycles. The van der Waals surface area contributed by atoms with Crippen LogP contribution in [-0.2, 0) is 4.79 Å². The fraction of sp³-hybridized carbons (Fsp3) is 0.458. The van der Waals surface area contributed by atoms with Crippen LogP contribution in [-0.4, -0.2) is 54.9 Å². The van der Waals surface area contributed by atoms with Gasteiger partial charge in [-0.15, -0.1) is 11.3 Å². The fourth-order valence-corrected chi connectivity index (χ4v) is 4.51. The molecule has 0 bridgehead atoms. The molecule has 2 N–H and O–H groups in total. The van der Waals surface area contributed by atoms with Gasteiger partial charge in [-0.3, -0.25) is 14.4 Å². The highest BCUT2D eigenvalue weighted by Crippen LogP contribution is 2.26. The van der Waals surface area contributed by atoms with Crippen molar-refractivity contribution in [2.75, 3.05) is 20.2 Å². The molecule has 1 fully saturated rings. The number of para-hydroxylation sites is 1. The quantitative estimate of drug-likeness (QED) is 0.637. The maximum Gasteiger partial charge on any atom is 0.262 e. The average molecular weight is 458 g/mol. The number of nitrogens with zero attached hydrogens (tertiary/aromatic N) is 1. The maximum atomic E-state index is 13.0. The number of likely N-dealkylation sites (tertiary alicyclic amines) is 1. The second-order valence-electron chi connectivity index (χ2n) is 8.08. The minimum atomic E-state index is -0.637. The Balaban J connectivity index is 1.69. The summed E-state index contributed by atoms with van der Waals surface area (Å²) < 4.78 is 5.33. The molecule has 2 aromatic rings. The number of carbonyl (C=O) groups excluding carboxylic acids is 3. The number of hydrogen-bond acceptors (Lipinski definition) is 5. The van der Waals surface area contributed by atoms with E-state index in [0.717, 1.165) is 6.42 Å². The van der Waals surface area contributed by atoms with Gasteiger partial charge in [-0.25, -0.2) is 0 Å². The number of piperidine rings is 1. The summed E-state index contributed by atoms with van der Waals surface area (Å²) in [5, 5.41) is 7.79. The van der Waals surface area contributed by atoms with Crippen molar-refractivity contribution < 1.29 is 19.1 Å². The van der Waals surface area contributed by atoms with Crippen molar-refractivity contribution in [1.29, 1.82) is 0 Å². The summed E-state index contributed by atoms with van der Waals surface area (Å²) >= 11 is 1.35. The lowest BCUT2D eigenvalue weighted by atomic mass is 9.88. The normalized spacial score (nSPS) is 16.2. The third kappa shape index (κ3) is 5.68. The van der Waals surface area contributed by atoms with E-state index in [4.69, 9.17) is 4.74 Å². The zero-order valence-corrected chi connectivity index (χ0v) is 19.6. The molecule has 1 aromatic heterocycles. The first-order chi connectivity index (χ1) is 15.4. The smallest absolute Gasteiger partial charge is 0.262 e. The van der Waals surface area contributed by atoms with Crippen molar-refractivity contribution in [3.8, 4) is 5.75 Å². The molecular weight excluding hydrogens is 426 g/mol. The van der Waals surface area contributed by atoms with Crippen LogP contribution in [0.3, 0.4) is 0 Å². The lowest BCUT2D eigenvalue weighted by molar-refractivity contribution is -0.125. The van der Waals surface area contributed by atoms with Gasteiger partial charge < -0.3 is 20.3 Å². The summed E-state index contributed by atoms with van der Waals surface area (Å²) in [6.07, 6.45) is 2.07. The molecule has 1 saturated heterocycles. The third-order valence-corrected chi connectivity index (χ3v) is 6.82. The molecule has 1 aliphatic rings. The molecule has 2 atom stereocenters. The molecule has 8 heteroatoms. The number of thiophene rings is 1. The SMILES string of the molecule is CCC(C)NC(=O)C(NC(=O)c1cccs1)C1CCN(C(=O)c2ccccc2OC)CC1. The van der Waals surface area contributed by atoms with E-state index in [2.05, 4.69) is 10.6 Å². The molecule has 2 unspecified atom stereocenters. The van der Waals surface area contributed by atoms with E-state index in [0.29, 0.717) is 42.1 Å². The zero-order valence-electron chi connectivity index (χ0n) is 18.8. The summed E-state index contributed by atoms with van der Waals surface area (Å²) in [6, 6.07) is 10.1. The standard InChI is InChI=1S/C24H31N3O4S/c1-4-16(2)25-23(29)21(26-22(28)20-10-7-15-32-20)17-11-13-27(14-12-17)24(30)18-8-5-6-9-19(18)31-3/h5-10,15-17,21H,4,11-14H2,1-3H3,(H,25,29)(H,26,28). The number of rotatable bonds is 8. The van der Waals surface area contributed by atoms with Gasteiger partial charge in [-0.2, -0.15) is 0 Å². The monoisotopic (exact) mass is 457 g/mol. The first-order valence-electron chi connectivity index (χ1n) is 11.0. The number of benzene rings is 1. The number of amides is 3. The van der Waals surface area contributed by atoms with Crippen LogP contribution in [0.1, 0.15) is 53.1 Å². The fourth-order valence-electron chi connectivity index (χ4n) is 3.88. The summed E-state index contributed by atoms with van der Waals surface area (Å²) in [6.45, 7) is 4.99. The van der Waals surface area contributed by atoms with Crippen LogP contribution >= 0.6 is 11.3 Å². The van der Waals surface area contributed by atoms with Gasteiger partial charge in [0.15, 0.2) is 0 Å². The van der Waals surface area contributed by atoms with E-state index in [1.54, 1.807) is 30.2 Å². The molecule has 1 aliphatic heterocycles. The van der Waals surface area contributed by atoms with E-state index in [1.165, 1.54) is 11.3 Å². The van der Waals surface area contributed by atoms with Crippen LogP contribution in [0.5, 0.6) is 5.75 Å². The Morgan fingerprint density at radius 3 is 2.47 bits per heavy atom. The first-order valence-corrected chi connectivity index (χ1v) is 11.9. The molecule has 2 heterocycles. The number of methoxy groups -OCH3 is 1. The highest BCUT2D eigenvalue weighted by molar-refractivity contribution is 7.12. The van der Waals surface area contributed by atoms with Crippen LogP contribution in [0.25, 0.3) is 0 Å². The van der Waals surface area contributed by atoms with Gasteiger partial charge in [0.05, 0.1) is 17.6 Å². The molecule has 3 amide bonds. The third-order valence-electron chi connectivity index (χ3n) is 5.95. The first kappa shape index (κ1) is 23.8. The van der Waals surface area contributed by atoms with Crippen molar-refractivity contribution in [3.63, 3.8) is 0 Å². The van der Waals surface area contributed by atoms with E-state index in [-0.39, 0.29) is 29.7 Å². The second-order valence-corrected chi connectivity index (χ2v) is 9.02. The number of carbonyl (C=O) groups is 3. The predicted octanol–water partition coefficient (Wildman–Crippen LogP) is 3.32. The molecule has 0 spiro atoms. The summed E-state index contributed by atoms with van der Waals surface area (Å²) in [5.74, 6) is 0.0121. The highest BCUT2D eigenvalue weighted by Gasteiger charge is 2.35. The summed E-state index contributed by atoms with van der Waals surface area (Å²) in [4.78, 5) is 41.1. The van der Waals surface area contributed by atoms with Gasteiger partial charge in [0.25, 0.3) is 11.8 Å². The average Bonchev–Trinajstić information content (AvgIpc) is 3.37. The van der Waals surface area contributed by atoms with Crippen molar-refractivity contribution >= 4 is 29.1 Å². The van der Waals surface area contributed by atoms with Crippen LogP contribution in [0.4, 0.5) is 0 Å². The highest BCUT2D eigenvalue weighted by atomic mass is 32.1. The molecule has 172 valence electrons. The van der Waals surface area contributed by atoms with E-state index in [9.17, 15) is 14.4 Å². The zero-order chi connectivity index (χ0) is 23.1. The topological polar surface area (TPSA) is 87.7 Å². The molecule has 1 aromatic carbocycles. The van der Waals surface area contributed by atoms with Crippen molar-refractivity contribution in [2.45, 2.75) is 45.2 Å². The lowest BCUT2D eigenvalue weighted by Gasteiger charge is -2.36. The minimum Gasteiger partial charge on any atom is -0.496 e. The molecule has 7 nitrogen and oxygen atoms in total. The van der Waals surface area contributed by atoms with Gasteiger partial charge >= 0.3 is 0 Å². The van der Waals surface area contributed by atoms with Crippen LogP contribution in [0, 0.1) is 5.92 Å². The largest absolute Gasteiger partial charge is 0.496 e. The molecular formula is C24H31N3O4S. The van der Waals surface area contributed by atoms with E-state index in [1.807, 2.05) is 37.4 Å². The Hall–Kier alpha value is -2.87. The van der Waals surface area contributed by atoms with Crippen LogP contribution in [0.2, 0.25) is 0 Å². The van der Waals surface area contributed by atoms with E-state index >= 15 is 0 Å². The van der Waals surface area contributed by atoms with Gasteiger partial charge in [-0.1, -0.05) is 25.1 Å². The Bertz CT molecular complexity index is 923. The van der Waals surface area contributed by atoms with Gasteiger partial charge in [0, 0.05) is 19.1 Å². The van der Waals surface area contributed by atoms with Crippen LogP contribution < -0.4 is 15.4 Å². The maximum absolute atomic E-state index is 13.0. The number of ether oxygens (including phenoxy) is 1. The molecule has 0 radical (unpaired) electrons. The Morgan fingerprint density at radius 1 is 1.12 bits per heavy atom. The second kappa shape index (κ2) is 11.1. The van der Waals surface area contributed by atoms with Crippen molar-refractivity contribution in [1.82, 2.24) is 15.5 Å². The number of nitrogens with one attached hydrogen (secondary N) is 2. The van der Waals surface area contributed by atoms with Gasteiger partial charge in [0.1, 0.15) is 11.8 Å². The molecule has 3 rings (SSSR count). The van der Waals surface area contributed by atoms with Gasteiger partial charge in [-0.05, 0) is 55.7 Å². The molecule has 32 heavy (non-hydrogen) atoms. The minimum absolute atomic E-state index is 0.0239. The Kier molecular flexibility index (Phi) is 8.27. The molecule has 0 aliphatic carbocycles. The summed E-state index contributed by atoms with van der Waals surface area (Å²) in [5.41, 5.74) is 0.533. The van der Waals surface area contributed by atoms with E-state index < -0.39 is 6.04 Å². The Labute approximate surface area is 193 Å². The van der Waals surface area contributed by atoms with Crippen molar-refractivity contribution in [2.24, 2.45) is 5.92 Å². The van der Waals surface area contributed by atoms with Gasteiger partial charge in [0.2, 0.25) is 5.91 Å². The van der Waals surface area contributed by atoms with Crippen LogP contribution in [0.15, 0.2) is 41.8 Å². The predicted molar refractivity (Wildman–Crippen MR) is 125 cm³/mol. The Morgan fingerprint density at radius 2 is 1.84 bits per heavy atom.